The van der Waals surface area contributed by atoms with E-state index in [4.69, 9.17) is 0 Å². The van der Waals surface area contributed by atoms with Crippen LogP contribution in [0, 0.1) is 13.8 Å². The van der Waals surface area contributed by atoms with Gasteiger partial charge in [-0.3, -0.25) is 4.79 Å². The number of thioether (sulfide) groups is 1. The molecule has 8 heteroatoms. The lowest BCUT2D eigenvalue weighted by Crippen LogP contribution is -2.53. The van der Waals surface area contributed by atoms with Gasteiger partial charge >= 0.3 is 0 Å². The minimum Gasteiger partial charge on any atom is -0.353 e. The second-order valence-electron chi connectivity index (χ2n) is 6.95. The second-order valence-corrected chi connectivity index (χ2v) is 7.94. The van der Waals surface area contributed by atoms with E-state index in [0.717, 1.165) is 42.5 Å². The number of carbonyl (C=O) groups excluding carboxylic acids is 1. The number of pyridine rings is 1. The Labute approximate surface area is 171 Å². The molecular formula is C20H28N6OS. The second kappa shape index (κ2) is 9.73. The van der Waals surface area contributed by atoms with Gasteiger partial charge in [-0.1, -0.05) is 6.07 Å². The van der Waals surface area contributed by atoms with Crippen LogP contribution in [0.2, 0.25) is 0 Å². The fourth-order valence-electron chi connectivity index (χ4n) is 3.36. The van der Waals surface area contributed by atoms with Gasteiger partial charge in [0, 0.05) is 43.8 Å². The average molecular weight is 401 g/mol. The number of nitrogens with zero attached hydrogens (tertiary/aromatic N) is 5. The van der Waals surface area contributed by atoms with Crippen LogP contribution in [0.25, 0.3) is 0 Å². The summed E-state index contributed by atoms with van der Waals surface area (Å²) in [5.41, 5.74) is 1.80. The van der Waals surface area contributed by atoms with Gasteiger partial charge in [-0.25, -0.2) is 15.0 Å². The maximum absolute atomic E-state index is 13.2. The van der Waals surface area contributed by atoms with E-state index in [2.05, 4.69) is 31.4 Å². The van der Waals surface area contributed by atoms with E-state index in [1.165, 1.54) is 0 Å². The first-order valence-electron chi connectivity index (χ1n) is 9.59. The summed E-state index contributed by atoms with van der Waals surface area (Å²) in [7, 11) is 0. The zero-order valence-corrected chi connectivity index (χ0v) is 17.6. The van der Waals surface area contributed by atoms with E-state index in [1.807, 2.05) is 43.0 Å². The van der Waals surface area contributed by atoms with E-state index in [-0.39, 0.29) is 11.9 Å². The molecule has 1 aliphatic rings. The van der Waals surface area contributed by atoms with Gasteiger partial charge in [0.05, 0.1) is 0 Å². The highest BCUT2D eigenvalue weighted by Gasteiger charge is 2.28. The predicted molar refractivity (Wildman–Crippen MR) is 115 cm³/mol. The summed E-state index contributed by atoms with van der Waals surface area (Å²) in [5.74, 6) is 2.53. The number of hydrogen-bond acceptors (Lipinski definition) is 7. The fraction of sp³-hybridized carbons (Fsp3) is 0.500. The highest BCUT2D eigenvalue weighted by Crippen LogP contribution is 2.16. The van der Waals surface area contributed by atoms with Crippen molar-refractivity contribution in [2.45, 2.75) is 26.3 Å². The highest BCUT2D eigenvalue weighted by molar-refractivity contribution is 7.98. The summed E-state index contributed by atoms with van der Waals surface area (Å²) in [6, 6.07) is 7.54. The highest BCUT2D eigenvalue weighted by atomic mass is 32.2. The Hall–Kier alpha value is -2.35. The number of aromatic nitrogens is 3. The molecular weight excluding hydrogens is 372 g/mol. The molecule has 150 valence electrons. The molecule has 1 N–H and O–H groups in total. The fourth-order valence-corrected chi connectivity index (χ4v) is 3.83. The lowest BCUT2D eigenvalue weighted by atomic mass is 10.1. The molecule has 28 heavy (non-hydrogen) atoms. The summed E-state index contributed by atoms with van der Waals surface area (Å²) in [4.78, 5) is 30.7. The van der Waals surface area contributed by atoms with E-state index in [0.29, 0.717) is 19.0 Å². The van der Waals surface area contributed by atoms with E-state index >= 15 is 0 Å². The van der Waals surface area contributed by atoms with Crippen LogP contribution in [0.5, 0.6) is 0 Å². The standard InChI is InChI=1S/C20H28N6OS/c1-15-14-16(2)23-20(22-15)24-17(7-13-28-3)19(27)26-11-9-25(10-12-26)18-6-4-5-8-21-18/h4-6,8,14,17H,7,9-13H2,1-3H3,(H,22,23,24)/t17-/m0/s1. The van der Waals surface area contributed by atoms with Gasteiger partial charge in [-0.15, -0.1) is 0 Å². The smallest absolute Gasteiger partial charge is 0.245 e. The van der Waals surface area contributed by atoms with Crippen molar-refractivity contribution in [3.8, 4) is 0 Å². The molecule has 0 unspecified atom stereocenters. The van der Waals surface area contributed by atoms with Crippen LogP contribution in [0.15, 0.2) is 30.5 Å². The summed E-state index contributed by atoms with van der Waals surface area (Å²) in [6.07, 6.45) is 4.61. The van der Waals surface area contributed by atoms with Crippen molar-refractivity contribution in [1.82, 2.24) is 19.9 Å². The van der Waals surface area contributed by atoms with Gasteiger partial charge in [0.1, 0.15) is 11.9 Å². The Kier molecular flexibility index (Phi) is 7.08. The van der Waals surface area contributed by atoms with Crippen molar-refractivity contribution in [3.63, 3.8) is 0 Å². The van der Waals surface area contributed by atoms with Crippen LogP contribution < -0.4 is 10.2 Å². The normalized spacial score (nSPS) is 15.4. The monoisotopic (exact) mass is 400 g/mol. The first kappa shape index (κ1) is 20.4. The zero-order chi connectivity index (χ0) is 19.9. The number of anilines is 2. The van der Waals surface area contributed by atoms with Crippen molar-refractivity contribution >= 4 is 29.4 Å². The van der Waals surface area contributed by atoms with E-state index in [1.54, 1.807) is 18.0 Å². The Morgan fingerprint density at radius 2 is 1.89 bits per heavy atom. The number of carbonyl (C=O) groups is 1. The number of piperazine rings is 1. The maximum Gasteiger partial charge on any atom is 0.245 e. The first-order chi connectivity index (χ1) is 13.6. The number of aryl methyl sites for hydroxylation is 2. The molecule has 0 bridgehead atoms. The third-order valence-electron chi connectivity index (χ3n) is 4.76. The maximum atomic E-state index is 13.2. The van der Waals surface area contributed by atoms with Gasteiger partial charge < -0.3 is 15.1 Å². The van der Waals surface area contributed by atoms with Crippen molar-refractivity contribution < 1.29 is 4.79 Å². The van der Waals surface area contributed by atoms with E-state index in [9.17, 15) is 4.79 Å². The lowest BCUT2D eigenvalue weighted by molar-refractivity contribution is -0.132. The molecule has 2 aromatic heterocycles. The van der Waals surface area contributed by atoms with Gasteiger partial charge in [-0.2, -0.15) is 11.8 Å². The molecule has 2 aromatic rings. The van der Waals surface area contributed by atoms with Crippen LogP contribution in [-0.2, 0) is 4.79 Å². The van der Waals surface area contributed by atoms with Crippen LogP contribution in [0.3, 0.4) is 0 Å². The Morgan fingerprint density at radius 1 is 1.18 bits per heavy atom. The quantitative estimate of drug-likeness (QED) is 0.765. The van der Waals surface area contributed by atoms with Gasteiger partial charge in [-0.05, 0) is 50.5 Å². The molecule has 0 aliphatic carbocycles. The predicted octanol–water partition coefficient (Wildman–Crippen LogP) is 2.37. The molecule has 1 aliphatic heterocycles. The summed E-state index contributed by atoms with van der Waals surface area (Å²) in [6.45, 7) is 6.85. The Balaban J connectivity index is 1.64. The zero-order valence-electron chi connectivity index (χ0n) is 16.8. The minimum atomic E-state index is -0.310. The molecule has 3 rings (SSSR count). The lowest BCUT2D eigenvalue weighted by Gasteiger charge is -2.37. The number of rotatable bonds is 7. The van der Waals surface area contributed by atoms with Crippen molar-refractivity contribution in [3.05, 3.63) is 41.9 Å². The van der Waals surface area contributed by atoms with Gasteiger partial charge in [0.2, 0.25) is 11.9 Å². The third kappa shape index (κ3) is 5.34. The van der Waals surface area contributed by atoms with Crippen LogP contribution >= 0.6 is 11.8 Å². The molecule has 0 aromatic carbocycles. The molecule has 1 fully saturated rings. The van der Waals surface area contributed by atoms with E-state index < -0.39 is 0 Å². The van der Waals surface area contributed by atoms with Crippen LogP contribution in [0.4, 0.5) is 11.8 Å². The van der Waals surface area contributed by atoms with Crippen LogP contribution in [0.1, 0.15) is 17.8 Å². The molecule has 1 amide bonds. The molecule has 1 saturated heterocycles. The van der Waals surface area contributed by atoms with Crippen molar-refractivity contribution in [1.29, 1.82) is 0 Å². The Bertz CT molecular complexity index is 759. The van der Waals surface area contributed by atoms with Crippen LogP contribution in [-0.4, -0.2) is 70.0 Å². The number of nitrogens with one attached hydrogen (secondary N) is 1. The van der Waals surface area contributed by atoms with Gasteiger partial charge in [0.15, 0.2) is 0 Å². The topological polar surface area (TPSA) is 74.2 Å². The summed E-state index contributed by atoms with van der Waals surface area (Å²) < 4.78 is 0. The Morgan fingerprint density at radius 3 is 2.50 bits per heavy atom. The molecule has 0 radical (unpaired) electrons. The minimum absolute atomic E-state index is 0.123. The number of amides is 1. The molecule has 7 nitrogen and oxygen atoms in total. The molecule has 3 heterocycles. The summed E-state index contributed by atoms with van der Waals surface area (Å²) >= 11 is 1.74. The van der Waals surface area contributed by atoms with Crippen molar-refractivity contribution in [2.24, 2.45) is 0 Å². The van der Waals surface area contributed by atoms with Crippen molar-refractivity contribution in [2.75, 3.05) is 48.4 Å². The largest absolute Gasteiger partial charge is 0.353 e. The van der Waals surface area contributed by atoms with Gasteiger partial charge in [0.25, 0.3) is 0 Å². The molecule has 1 atom stereocenters. The molecule has 0 saturated carbocycles. The number of hydrogen-bond donors (Lipinski definition) is 1. The summed E-state index contributed by atoms with van der Waals surface area (Å²) in [5, 5.41) is 3.28. The third-order valence-corrected chi connectivity index (χ3v) is 5.40. The SMILES string of the molecule is CSCC[C@H](Nc1nc(C)cc(C)n1)C(=O)N1CCN(c2ccccn2)CC1. The average Bonchev–Trinajstić information content (AvgIpc) is 2.70. The first-order valence-corrected chi connectivity index (χ1v) is 11.0. The molecule has 0 spiro atoms.